The van der Waals surface area contributed by atoms with Gasteiger partial charge in [-0.2, -0.15) is 9.61 Å². The van der Waals surface area contributed by atoms with Gasteiger partial charge in [0.2, 0.25) is 5.91 Å². The third kappa shape index (κ3) is 4.88. The fraction of sp³-hybridized carbons (Fsp3) is 0.0833. The van der Waals surface area contributed by atoms with Crippen LogP contribution in [0.1, 0.15) is 11.3 Å². The molecule has 34 heavy (non-hydrogen) atoms. The lowest BCUT2D eigenvalue weighted by Crippen LogP contribution is -2.14. The number of nitrogens with zero attached hydrogens (tertiary/aromatic N) is 4. The van der Waals surface area contributed by atoms with Crippen LogP contribution in [0.3, 0.4) is 0 Å². The third-order valence-electron chi connectivity index (χ3n) is 5.18. The summed E-state index contributed by atoms with van der Waals surface area (Å²) in [5, 5.41) is 11.9. The van der Waals surface area contributed by atoms with Gasteiger partial charge >= 0.3 is 0 Å². The van der Waals surface area contributed by atoms with Crippen molar-refractivity contribution < 1.29 is 4.79 Å². The van der Waals surface area contributed by atoms with E-state index >= 15 is 0 Å². The highest BCUT2D eigenvalue weighted by atomic mass is 35.5. The Kier molecular flexibility index (Phi) is 6.16. The first-order valence-electron chi connectivity index (χ1n) is 10.5. The lowest BCUT2D eigenvalue weighted by molar-refractivity contribution is -0.115. The predicted molar refractivity (Wildman–Crippen MR) is 133 cm³/mol. The molecule has 170 valence electrons. The van der Waals surface area contributed by atoms with E-state index in [1.165, 1.54) is 0 Å². The molecule has 5 aromatic rings. The largest absolute Gasteiger partial charge is 0.366 e. The summed E-state index contributed by atoms with van der Waals surface area (Å²) >= 11 is 12.3. The molecule has 0 bridgehead atoms. The number of imidazole rings is 1. The summed E-state index contributed by atoms with van der Waals surface area (Å²) in [6.07, 6.45) is 5.09. The molecule has 0 aliphatic rings. The minimum atomic E-state index is -0.136. The van der Waals surface area contributed by atoms with Crippen molar-refractivity contribution in [3.8, 4) is 11.3 Å². The lowest BCUT2D eigenvalue weighted by Gasteiger charge is -2.12. The molecule has 3 heterocycles. The van der Waals surface area contributed by atoms with Crippen molar-refractivity contribution in [2.24, 2.45) is 0 Å². The van der Waals surface area contributed by atoms with E-state index in [0.717, 1.165) is 28.3 Å². The first-order chi connectivity index (χ1) is 16.5. The van der Waals surface area contributed by atoms with Gasteiger partial charge < -0.3 is 15.6 Å². The molecule has 8 nitrogen and oxygen atoms in total. The number of hydrogen-bond donors (Lipinski definition) is 3. The fourth-order valence-electron chi connectivity index (χ4n) is 3.55. The molecule has 5 rings (SSSR count). The molecule has 0 saturated heterocycles. The van der Waals surface area contributed by atoms with Crippen LogP contribution in [0.2, 0.25) is 10.0 Å². The van der Waals surface area contributed by atoms with Crippen molar-refractivity contribution in [1.29, 1.82) is 0 Å². The molecule has 0 fully saturated rings. The highest BCUT2D eigenvalue weighted by Gasteiger charge is 2.11. The number of carbonyl (C=O) groups is 1. The fourth-order valence-corrected chi connectivity index (χ4v) is 4.03. The number of halogens is 2. The molecule has 0 saturated carbocycles. The van der Waals surface area contributed by atoms with Gasteiger partial charge in [-0.05, 0) is 29.8 Å². The van der Waals surface area contributed by atoms with Crippen LogP contribution in [0.15, 0.2) is 73.3 Å². The maximum Gasteiger partial charge on any atom is 0.230 e. The van der Waals surface area contributed by atoms with Crippen molar-refractivity contribution >= 4 is 46.3 Å². The second-order valence-corrected chi connectivity index (χ2v) is 8.44. The Morgan fingerprint density at radius 3 is 2.82 bits per heavy atom. The summed E-state index contributed by atoms with van der Waals surface area (Å²) in [6, 6.07) is 16.7. The quantitative estimate of drug-likeness (QED) is 0.289. The Bertz CT molecular complexity index is 1460. The summed E-state index contributed by atoms with van der Waals surface area (Å²) in [5.74, 6) is 0.618. The van der Waals surface area contributed by atoms with Gasteiger partial charge in [-0.15, -0.1) is 0 Å². The normalized spacial score (nSPS) is 11.0. The topological polar surface area (TPSA) is 100 Å². The number of aromatic nitrogens is 5. The summed E-state index contributed by atoms with van der Waals surface area (Å²) < 4.78 is 1.73. The van der Waals surface area contributed by atoms with Crippen LogP contribution in [0.4, 0.5) is 11.5 Å². The average Bonchev–Trinajstić information content (AvgIpc) is 3.50. The zero-order chi connectivity index (χ0) is 23.5. The van der Waals surface area contributed by atoms with Gasteiger partial charge in [-0.3, -0.25) is 4.79 Å². The van der Waals surface area contributed by atoms with E-state index in [-0.39, 0.29) is 12.3 Å². The van der Waals surface area contributed by atoms with E-state index in [1.807, 2.05) is 42.5 Å². The molecule has 0 unspecified atom stereocenters. The van der Waals surface area contributed by atoms with E-state index in [0.29, 0.717) is 27.9 Å². The number of anilines is 2. The molecule has 3 N–H and O–H groups in total. The minimum absolute atomic E-state index is 0.136. The van der Waals surface area contributed by atoms with Crippen LogP contribution in [0.25, 0.3) is 16.9 Å². The van der Waals surface area contributed by atoms with Gasteiger partial charge in [0.25, 0.3) is 0 Å². The number of fused-ring (bicyclic) bond motifs is 1. The summed E-state index contributed by atoms with van der Waals surface area (Å²) in [6.45, 7) is 0.484. The molecule has 0 radical (unpaired) electrons. The van der Waals surface area contributed by atoms with E-state index in [4.69, 9.17) is 28.2 Å². The first-order valence-corrected chi connectivity index (χ1v) is 11.2. The molecule has 10 heteroatoms. The van der Waals surface area contributed by atoms with Crippen LogP contribution in [0.5, 0.6) is 0 Å². The highest BCUT2D eigenvalue weighted by Crippen LogP contribution is 2.26. The molecular formula is C24H19Cl2N7O. The van der Waals surface area contributed by atoms with Gasteiger partial charge in [0.1, 0.15) is 5.82 Å². The number of nitrogens with one attached hydrogen (secondary N) is 3. The Morgan fingerprint density at radius 2 is 2.00 bits per heavy atom. The highest BCUT2D eigenvalue weighted by molar-refractivity contribution is 6.35. The summed E-state index contributed by atoms with van der Waals surface area (Å²) in [4.78, 5) is 24.0. The molecule has 0 aliphatic carbocycles. The van der Waals surface area contributed by atoms with Crippen LogP contribution in [-0.4, -0.2) is 30.5 Å². The molecule has 0 aliphatic heterocycles. The van der Waals surface area contributed by atoms with Gasteiger partial charge in [0.05, 0.1) is 24.6 Å². The molecule has 1 amide bonds. The van der Waals surface area contributed by atoms with E-state index < -0.39 is 0 Å². The standard InChI is InChI=1S/C24H19Cl2N7O/c25-17-5-4-16(20(26)9-17)12-28-23-11-21(32-22-6-7-30-33(22)23)15-2-1-3-18(8-15)31-24(34)10-19-13-27-14-29-19/h1-9,11,13-14,28H,10,12H2,(H,27,29)(H,31,34). The van der Waals surface area contributed by atoms with E-state index in [2.05, 4.69) is 25.7 Å². The molecule has 2 aromatic carbocycles. The van der Waals surface area contributed by atoms with Gasteiger partial charge in [-0.1, -0.05) is 41.4 Å². The Labute approximate surface area is 205 Å². The zero-order valence-corrected chi connectivity index (χ0v) is 19.3. The van der Waals surface area contributed by atoms with Crippen molar-refractivity contribution in [3.05, 3.63) is 94.6 Å². The van der Waals surface area contributed by atoms with Crippen LogP contribution >= 0.6 is 23.2 Å². The molecule has 0 atom stereocenters. The Balaban J connectivity index is 1.39. The smallest absolute Gasteiger partial charge is 0.230 e. The van der Waals surface area contributed by atoms with Crippen LogP contribution < -0.4 is 10.6 Å². The van der Waals surface area contributed by atoms with Crippen LogP contribution in [0, 0.1) is 0 Å². The van der Waals surface area contributed by atoms with Crippen molar-refractivity contribution in [2.45, 2.75) is 13.0 Å². The van der Waals surface area contributed by atoms with Crippen LogP contribution in [-0.2, 0) is 17.8 Å². The second kappa shape index (κ2) is 9.54. The van der Waals surface area contributed by atoms with Gasteiger partial charge in [0.15, 0.2) is 5.65 Å². The zero-order valence-electron chi connectivity index (χ0n) is 17.8. The van der Waals surface area contributed by atoms with Gasteiger partial charge in [-0.25, -0.2) is 9.97 Å². The maximum atomic E-state index is 12.4. The number of carbonyl (C=O) groups excluding carboxylic acids is 1. The van der Waals surface area contributed by atoms with E-state index in [9.17, 15) is 4.79 Å². The number of hydrogen-bond acceptors (Lipinski definition) is 5. The number of amides is 1. The average molecular weight is 492 g/mol. The lowest BCUT2D eigenvalue weighted by atomic mass is 10.1. The number of rotatable bonds is 7. The number of benzene rings is 2. The SMILES string of the molecule is O=C(Cc1cnc[nH]1)Nc1cccc(-c2cc(NCc3ccc(Cl)cc3Cl)n3nccc3n2)c1. The number of H-pyrrole nitrogens is 1. The monoisotopic (exact) mass is 491 g/mol. The van der Waals surface area contributed by atoms with Gasteiger partial charge in [0, 0.05) is 51.9 Å². The minimum Gasteiger partial charge on any atom is -0.366 e. The Hall–Kier alpha value is -3.88. The van der Waals surface area contributed by atoms with Crippen molar-refractivity contribution in [2.75, 3.05) is 10.6 Å². The second-order valence-electron chi connectivity index (χ2n) is 7.60. The molecular weight excluding hydrogens is 473 g/mol. The first kappa shape index (κ1) is 21.9. The van der Waals surface area contributed by atoms with Crippen molar-refractivity contribution in [3.63, 3.8) is 0 Å². The van der Waals surface area contributed by atoms with E-state index in [1.54, 1.807) is 35.4 Å². The van der Waals surface area contributed by atoms with Crippen molar-refractivity contribution in [1.82, 2.24) is 24.6 Å². The molecule has 3 aromatic heterocycles. The number of aromatic amines is 1. The third-order valence-corrected chi connectivity index (χ3v) is 5.77. The summed E-state index contributed by atoms with van der Waals surface area (Å²) in [7, 11) is 0. The molecule has 0 spiro atoms. The summed E-state index contributed by atoms with van der Waals surface area (Å²) in [5.41, 5.74) is 4.62. The predicted octanol–water partition coefficient (Wildman–Crippen LogP) is 5.22. The Morgan fingerprint density at radius 1 is 1.09 bits per heavy atom. The maximum absolute atomic E-state index is 12.4.